The van der Waals surface area contributed by atoms with Crippen LogP contribution in [-0.4, -0.2) is 30.3 Å². The molecule has 1 amide bonds. The van der Waals surface area contributed by atoms with Crippen molar-refractivity contribution in [1.29, 1.82) is 0 Å². The van der Waals surface area contributed by atoms with Gasteiger partial charge in [-0.2, -0.15) is 0 Å². The largest absolute Gasteiger partial charge is 0.420 e. The van der Waals surface area contributed by atoms with E-state index < -0.39 is 15.8 Å². The van der Waals surface area contributed by atoms with Gasteiger partial charge >= 0.3 is 5.76 Å². The lowest BCUT2D eigenvalue weighted by atomic mass is 10.2. The van der Waals surface area contributed by atoms with Crippen LogP contribution in [0.4, 0.5) is 0 Å². The van der Waals surface area contributed by atoms with Crippen LogP contribution in [0.5, 0.6) is 0 Å². The molecule has 4 aromatic rings. The summed E-state index contributed by atoms with van der Waals surface area (Å²) in [6.45, 7) is 2.71. The summed E-state index contributed by atoms with van der Waals surface area (Å²) in [7, 11) is -3.83. The number of carbonyl (C=O) groups excluding carboxylic acids is 1. The lowest BCUT2D eigenvalue weighted by Gasteiger charge is -2.21. The van der Waals surface area contributed by atoms with Gasteiger partial charge in [0.15, 0.2) is 5.58 Å². The molecule has 0 spiro atoms. The van der Waals surface area contributed by atoms with Crippen LogP contribution in [0.2, 0.25) is 0 Å². The number of carbonyl (C=O) groups is 1. The Hall–Kier alpha value is -3.69. The molecule has 0 radical (unpaired) electrons. The fourth-order valence-electron chi connectivity index (χ4n) is 3.64. The van der Waals surface area contributed by atoms with E-state index in [-0.39, 0.29) is 29.5 Å². The molecular weight excluding hydrogens is 454 g/mol. The van der Waals surface area contributed by atoms with E-state index in [1.54, 1.807) is 4.90 Å². The van der Waals surface area contributed by atoms with Crippen LogP contribution < -0.4 is 10.5 Å². The van der Waals surface area contributed by atoms with Crippen LogP contribution in [0.15, 0.2) is 93.0 Å². The van der Waals surface area contributed by atoms with Gasteiger partial charge in [0.05, 0.1) is 10.4 Å². The predicted molar refractivity (Wildman–Crippen MR) is 128 cm³/mol. The Bertz CT molecular complexity index is 1440. The fourth-order valence-corrected chi connectivity index (χ4v) is 4.67. The van der Waals surface area contributed by atoms with Crippen LogP contribution in [0.1, 0.15) is 18.1 Å². The van der Waals surface area contributed by atoms with Crippen molar-refractivity contribution >= 4 is 27.0 Å². The smallest absolute Gasteiger partial charge is 0.408 e. The van der Waals surface area contributed by atoms with E-state index in [0.717, 1.165) is 11.1 Å². The normalized spacial score (nSPS) is 11.6. The average molecular weight is 480 g/mol. The zero-order chi connectivity index (χ0) is 24.1. The first kappa shape index (κ1) is 23.5. The minimum absolute atomic E-state index is 0.0255. The lowest BCUT2D eigenvalue weighted by Crippen LogP contribution is -2.35. The van der Waals surface area contributed by atoms with Crippen molar-refractivity contribution in [2.75, 3.05) is 6.54 Å². The Labute approximate surface area is 197 Å². The summed E-state index contributed by atoms with van der Waals surface area (Å²) in [5.41, 5.74) is 2.27. The molecule has 1 N–H and O–H groups in total. The molecule has 0 atom stereocenters. The van der Waals surface area contributed by atoms with Crippen LogP contribution in [0.25, 0.3) is 11.1 Å². The summed E-state index contributed by atoms with van der Waals surface area (Å²) >= 11 is 0. The molecule has 0 aliphatic rings. The number of nitrogens with zero attached hydrogens (tertiary/aromatic N) is 2. The van der Waals surface area contributed by atoms with Gasteiger partial charge in [-0.3, -0.25) is 9.36 Å². The van der Waals surface area contributed by atoms with Gasteiger partial charge in [-0.15, -0.1) is 0 Å². The highest BCUT2D eigenvalue weighted by molar-refractivity contribution is 7.89. The Balaban J connectivity index is 1.53. The zero-order valence-electron chi connectivity index (χ0n) is 18.7. The molecule has 34 heavy (non-hydrogen) atoms. The molecule has 1 aromatic heterocycles. The summed E-state index contributed by atoms with van der Waals surface area (Å²) in [5.74, 6) is -0.955. The molecule has 0 fully saturated rings. The lowest BCUT2D eigenvalue weighted by molar-refractivity contribution is -0.132. The first-order valence-electron chi connectivity index (χ1n) is 10.9. The van der Waals surface area contributed by atoms with Crippen LogP contribution in [0, 0.1) is 0 Å². The van der Waals surface area contributed by atoms with Gasteiger partial charge in [0.1, 0.15) is 6.54 Å². The van der Waals surface area contributed by atoms with Crippen molar-refractivity contribution in [2.45, 2.75) is 31.5 Å². The molecule has 3 aromatic carbocycles. The Kier molecular flexibility index (Phi) is 6.95. The molecule has 0 unspecified atom stereocenters. The van der Waals surface area contributed by atoms with Gasteiger partial charge in [-0.1, -0.05) is 60.7 Å². The first-order valence-corrected chi connectivity index (χ1v) is 12.3. The van der Waals surface area contributed by atoms with Gasteiger partial charge in [0.25, 0.3) is 0 Å². The van der Waals surface area contributed by atoms with E-state index in [9.17, 15) is 18.0 Å². The second-order valence-corrected chi connectivity index (χ2v) is 9.55. The molecule has 0 bridgehead atoms. The zero-order valence-corrected chi connectivity index (χ0v) is 19.5. The van der Waals surface area contributed by atoms with Gasteiger partial charge in [-0.05, 0) is 30.2 Å². The van der Waals surface area contributed by atoms with Crippen molar-refractivity contribution in [3.63, 3.8) is 0 Å². The third-order valence-electron chi connectivity index (χ3n) is 5.50. The predicted octanol–water partition coefficient (Wildman–Crippen LogP) is 3.12. The third kappa shape index (κ3) is 5.27. The molecule has 4 rings (SSSR count). The molecule has 8 nitrogen and oxygen atoms in total. The van der Waals surface area contributed by atoms with Gasteiger partial charge in [0, 0.05) is 25.7 Å². The summed E-state index contributed by atoms with van der Waals surface area (Å²) in [5, 5.41) is 0. The van der Waals surface area contributed by atoms with Crippen LogP contribution in [-0.2, 0) is 34.5 Å². The number of benzene rings is 3. The number of hydrogen-bond acceptors (Lipinski definition) is 5. The van der Waals surface area contributed by atoms with Crippen molar-refractivity contribution in [3.05, 3.63) is 101 Å². The number of oxazole rings is 1. The third-order valence-corrected chi connectivity index (χ3v) is 6.90. The molecule has 0 aliphatic heterocycles. The fraction of sp³-hybridized carbons (Fsp3) is 0.200. The van der Waals surface area contributed by atoms with Crippen molar-refractivity contribution < 1.29 is 17.6 Å². The van der Waals surface area contributed by atoms with E-state index in [2.05, 4.69) is 4.72 Å². The number of aromatic nitrogens is 1. The molecule has 1 heterocycles. The Morgan fingerprint density at radius 3 is 2.26 bits per heavy atom. The van der Waals surface area contributed by atoms with Gasteiger partial charge in [-0.25, -0.2) is 17.9 Å². The Morgan fingerprint density at radius 1 is 0.971 bits per heavy atom. The topological polar surface area (TPSA) is 102 Å². The highest BCUT2D eigenvalue weighted by Crippen LogP contribution is 2.19. The van der Waals surface area contributed by atoms with Crippen LogP contribution >= 0.6 is 0 Å². The maximum absolute atomic E-state index is 12.9. The maximum Gasteiger partial charge on any atom is 0.420 e. The number of nitrogens with one attached hydrogen (secondary N) is 1. The molecule has 0 saturated carbocycles. The number of rotatable bonds is 9. The number of likely N-dealkylation sites (N-methyl/N-ethyl adjacent to an activating group) is 1. The van der Waals surface area contributed by atoms with E-state index in [1.165, 1.54) is 22.8 Å². The summed E-state index contributed by atoms with van der Waals surface area (Å²) < 4.78 is 34.5. The molecule has 176 valence electrons. The quantitative estimate of drug-likeness (QED) is 0.397. The van der Waals surface area contributed by atoms with E-state index in [4.69, 9.17) is 4.42 Å². The summed E-state index contributed by atoms with van der Waals surface area (Å²) in [4.78, 5) is 27.0. The Morgan fingerprint density at radius 2 is 1.62 bits per heavy atom. The summed E-state index contributed by atoms with van der Waals surface area (Å²) in [6, 6.07) is 22.9. The van der Waals surface area contributed by atoms with Crippen molar-refractivity contribution in [3.8, 4) is 0 Å². The van der Waals surface area contributed by atoms with Gasteiger partial charge < -0.3 is 9.32 Å². The number of sulfonamides is 1. The number of hydrogen-bond donors (Lipinski definition) is 1. The van der Waals surface area contributed by atoms with Gasteiger partial charge in [0.2, 0.25) is 15.9 Å². The van der Waals surface area contributed by atoms with Crippen molar-refractivity contribution in [1.82, 2.24) is 14.2 Å². The molecule has 9 heteroatoms. The first-order chi connectivity index (χ1) is 16.4. The van der Waals surface area contributed by atoms with E-state index in [0.29, 0.717) is 18.6 Å². The molecular formula is C25H25N3O5S. The van der Waals surface area contributed by atoms with Crippen molar-refractivity contribution in [2.24, 2.45) is 0 Å². The minimum Gasteiger partial charge on any atom is -0.408 e. The number of fused-ring (bicyclic) bond motifs is 1. The average Bonchev–Trinajstić information content (AvgIpc) is 3.16. The monoisotopic (exact) mass is 479 g/mol. The maximum atomic E-state index is 12.9. The second-order valence-electron chi connectivity index (χ2n) is 7.79. The summed E-state index contributed by atoms with van der Waals surface area (Å²) in [6.07, 6.45) is 0. The standard InChI is InChI=1S/C25H25N3O5S/c1-2-27(17-20-11-7-4-8-12-20)24(29)18-28-22-14-13-21(15-23(22)33-25(28)30)34(31,32)26-16-19-9-5-3-6-10-19/h3-15,26H,2,16-18H2,1H3. The highest BCUT2D eigenvalue weighted by Gasteiger charge is 2.20. The van der Waals surface area contributed by atoms with E-state index >= 15 is 0 Å². The highest BCUT2D eigenvalue weighted by atomic mass is 32.2. The molecule has 0 aliphatic carbocycles. The second kappa shape index (κ2) is 10.1. The van der Waals surface area contributed by atoms with Crippen LogP contribution in [0.3, 0.4) is 0 Å². The molecule has 0 saturated heterocycles. The SMILES string of the molecule is CCN(Cc1ccccc1)C(=O)Cn1c(=O)oc2cc(S(=O)(=O)NCc3ccccc3)ccc21. The van der Waals surface area contributed by atoms with E-state index in [1.807, 2.05) is 67.6 Å². The number of amides is 1. The minimum atomic E-state index is -3.83.